The molecule has 1 atom stereocenters. The molecule has 1 unspecified atom stereocenters. The molecule has 1 aromatic heterocycles. The van der Waals surface area contributed by atoms with Crippen molar-refractivity contribution in [2.24, 2.45) is 0 Å². The van der Waals surface area contributed by atoms with Crippen LogP contribution in [0.3, 0.4) is 0 Å². The fourth-order valence-electron chi connectivity index (χ4n) is 2.06. The van der Waals surface area contributed by atoms with Gasteiger partial charge in [0.1, 0.15) is 11.5 Å². The molecule has 1 heterocycles. The Labute approximate surface area is 136 Å². The number of carbonyl (C=O) groups is 1. The predicted molar refractivity (Wildman–Crippen MR) is 90.0 cm³/mol. The molecule has 0 aliphatic rings. The smallest absolute Gasteiger partial charge is 0.269 e. The summed E-state index contributed by atoms with van der Waals surface area (Å²) in [4.78, 5) is 16.2. The van der Waals surface area contributed by atoms with E-state index in [4.69, 9.17) is 0 Å². The van der Waals surface area contributed by atoms with Gasteiger partial charge in [0, 0.05) is 12.6 Å². The maximum Gasteiger partial charge on any atom is 0.269 e. The molecule has 5 heteroatoms. The molecule has 0 fully saturated rings. The Kier molecular flexibility index (Phi) is 6.09. The lowest BCUT2D eigenvalue weighted by atomic mass is 10.1. The SMILES string of the molecule is CCC(C)Nc1ccc(C(=O)NCCc2ccc(F)cc2)nc1. The number of benzene rings is 1. The van der Waals surface area contributed by atoms with Crippen molar-refractivity contribution in [1.82, 2.24) is 10.3 Å². The summed E-state index contributed by atoms with van der Waals surface area (Å²) in [5.41, 5.74) is 2.27. The largest absolute Gasteiger partial charge is 0.381 e. The van der Waals surface area contributed by atoms with E-state index in [2.05, 4.69) is 29.5 Å². The molecule has 0 radical (unpaired) electrons. The van der Waals surface area contributed by atoms with Crippen LogP contribution in [0, 0.1) is 5.82 Å². The second-order valence-electron chi connectivity index (χ2n) is 5.52. The van der Waals surface area contributed by atoms with Gasteiger partial charge in [-0.05, 0) is 49.6 Å². The van der Waals surface area contributed by atoms with Crippen LogP contribution in [0.25, 0.3) is 0 Å². The van der Waals surface area contributed by atoms with Gasteiger partial charge in [-0.1, -0.05) is 19.1 Å². The molecule has 0 aliphatic carbocycles. The molecular formula is C18H22FN3O. The normalized spacial score (nSPS) is 11.8. The molecule has 0 spiro atoms. The zero-order valence-electron chi connectivity index (χ0n) is 13.5. The first kappa shape index (κ1) is 16.9. The molecule has 0 bridgehead atoms. The van der Waals surface area contributed by atoms with Crippen molar-refractivity contribution in [2.45, 2.75) is 32.7 Å². The highest BCUT2D eigenvalue weighted by molar-refractivity contribution is 5.92. The third kappa shape index (κ3) is 5.36. The Balaban J connectivity index is 1.82. The van der Waals surface area contributed by atoms with Gasteiger partial charge < -0.3 is 10.6 Å². The van der Waals surface area contributed by atoms with Crippen LogP contribution in [0.2, 0.25) is 0 Å². The molecule has 122 valence electrons. The van der Waals surface area contributed by atoms with Crippen molar-refractivity contribution >= 4 is 11.6 Å². The molecule has 1 aromatic carbocycles. The Bertz CT molecular complexity index is 626. The van der Waals surface area contributed by atoms with Gasteiger partial charge in [-0.25, -0.2) is 9.37 Å². The molecule has 2 rings (SSSR count). The lowest BCUT2D eigenvalue weighted by Crippen LogP contribution is -2.26. The Morgan fingerprint density at radius 1 is 1.22 bits per heavy atom. The number of amides is 1. The molecule has 2 aromatic rings. The first-order valence-electron chi connectivity index (χ1n) is 7.83. The molecule has 2 N–H and O–H groups in total. The van der Waals surface area contributed by atoms with Crippen LogP contribution in [0.15, 0.2) is 42.6 Å². The number of hydrogen-bond acceptors (Lipinski definition) is 3. The highest BCUT2D eigenvalue weighted by Gasteiger charge is 2.07. The van der Waals surface area contributed by atoms with Gasteiger partial charge in [0.2, 0.25) is 0 Å². The van der Waals surface area contributed by atoms with Gasteiger partial charge in [-0.2, -0.15) is 0 Å². The standard InChI is InChI=1S/C18H22FN3O/c1-3-13(2)22-16-8-9-17(21-12-16)18(23)20-11-10-14-4-6-15(19)7-5-14/h4-9,12-13,22H,3,10-11H2,1-2H3,(H,20,23). The lowest BCUT2D eigenvalue weighted by Gasteiger charge is -2.12. The first-order chi connectivity index (χ1) is 11.1. The molecule has 4 nitrogen and oxygen atoms in total. The topological polar surface area (TPSA) is 54.0 Å². The van der Waals surface area contributed by atoms with E-state index in [0.29, 0.717) is 24.7 Å². The van der Waals surface area contributed by atoms with E-state index in [1.165, 1.54) is 12.1 Å². The van der Waals surface area contributed by atoms with Gasteiger partial charge in [0.25, 0.3) is 5.91 Å². The molecule has 0 aliphatic heterocycles. The van der Waals surface area contributed by atoms with Crippen molar-refractivity contribution < 1.29 is 9.18 Å². The van der Waals surface area contributed by atoms with Crippen LogP contribution in [-0.4, -0.2) is 23.5 Å². The fraction of sp³-hybridized carbons (Fsp3) is 0.333. The first-order valence-corrected chi connectivity index (χ1v) is 7.83. The van der Waals surface area contributed by atoms with Crippen LogP contribution in [-0.2, 0) is 6.42 Å². The number of rotatable bonds is 7. The van der Waals surface area contributed by atoms with E-state index >= 15 is 0 Å². The minimum atomic E-state index is -0.256. The minimum Gasteiger partial charge on any atom is -0.381 e. The maximum absolute atomic E-state index is 12.8. The van der Waals surface area contributed by atoms with E-state index in [1.807, 2.05) is 6.07 Å². The van der Waals surface area contributed by atoms with Crippen molar-refractivity contribution in [3.8, 4) is 0 Å². The fourth-order valence-corrected chi connectivity index (χ4v) is 2.06. The number of pyridine rings is 1. The molecule has 1 amide bonds. The van der Waals surface area contributed by atoms with Crippen LogP contribution >= 0.6 is 0 Å². The number of nitrogens with one attached hydrogen (secondary N) is 2. The van der Waals surface area contributed by atoms with E-state index in [-0.39, 0.29) is 11.7 Å². The number of halogens is 1. The van der Waals surface area contributed by atoms with E-state index in [9.17, 15) is 9.18 Å². The average Bonchev–Trinajstić information content (AvgIpc) is 2.57. The number of anilines is 1. The zero-order chi connectivity index (χ0) is 16.7. The second kappa shape index (κ2) is 8.27. The Hall–Kier alpha value is -2.43. The number of aromatic nitrogens is 1. The summed E-state index contributed by atoms with van der Waals surface area (Å²) in [6.45, 7) is 4.68. The van der Waals surface area contributed by atoms with Crippen molar-refractivity contribution in [1.29, 1.82) is 0 Å². The lowest BCUT2D eigenvalue weighted by molar-refractivity contribution is 0.0949. The summed E-state index contributed by atoms with van der Waals surface area (Å²) in [5, 5.41) is 6.12. The maximum atomic E-state index is 12.8. The van der Waals surface area contributed by atoms with E-state index in [1.54, 1.807) is 24.4 Å². The van der Waals surface area contributed by atoms with E-state index < -0.39 is 0 Å². The summed E-state index contributed by atoms with van der Waals surface area (Å²) in [6, 6.07) is 10.2. The predicted octanol–water partition coefficient (Wildman–Crippen LogP) is 3.40. The average molecular weight is 315 g/mol. The monoisotopic (exact) mass is 315 g/mol. The van der Waals surface area contributed by atoms with Crippen molar-refractivity contribution in [3.05, 3.63) is 59.7 Å². The van der Waals surface area contributed by atoms with Crippen LogP contribution in [0.1, 0.15) is 36.3 Å². The summed E-state index contributed by atoms with van der Waals surface area (Å²) in [6.07, 6.45) is 3.34. The summed E-state index contributed by atoms with van der Waals surface area (Å²) >= 11 is 0. The van der Waals surface area contributed by atoms with E-state index in [0.717, 1.165) is 17.7 Å². The van der Waals surface area contributed by atoms with Gasteiger partial charge in [-0.15, -0.1) is 0 Å². The van der Waals surface area contributed by atoms with Crippen LogP contribution in [0.4, 0.5) is 10.1 Å². The summed E-state index contributed by atoms with van der Waals surface area (Å²) in [5.74, 6) is -0.463. The quantitative estimate of drug-likeness (QED) is 0.823. The summed E-state index contributed by atoms with van der Waals surface area (Å²) in [7, 11) is 0. The third-order valence-corrected chi connectivity index (χ3v) is 3.63. The number of carbonyl (C=O) groups excluding carboxylic acids is 1. The number of hydrogen-bond donors (Lipinski definition) is 2. The van der Waals surface area contributed by atoms with Crippen LogP contribution < -0.4 is 10.6 Å². The number of nitrogens with zero attached hydrogens (tertiary/aromatic N) is 1. The highest BCUT2D eigenvalue weighted by Crippen LogP contribution is 2.09. The van der Waals surface area contributed by atoms with Gasteiger partial charge in [-0.3, -0.25) is 4.79 Å². The van der Waals surface area contributed by atoms with Gasteiger partial charge in [0.05, 0.1) is 11.9 Å². The molecule has 23 heavy (non-hydrogen) atoms. The van der Waals surface area contributed by atoms with Crippen LogP contribution in [0.5, 0.6) is 0 Å². The minimum absolute atomic E-state index is 0.206. The van der Waals surface area contributed by atoms with Crippen molar-refractivity contribution in [3.63, 3.8) is 0 Å². The molecule has 0 saturated carbocycles. The molecule has 0 saturated heterocycles. The van der Waals surface area contributed by atoms with Gasteiger partial charge in [0.15, 0.2) is 0 Å². The zero-order valence-corrected chi connectivity index (χ0v) is 13.5. The third-order valence-electron chi connectivity index (χ3n) is 3.63. The second-order valence-corrected chi connectivity index (χ2v) is 5.52. The molecular weight excluding hydrogens is 293 g/mol. The van der Waals surface area contributed by atoms with Gasteiger partial charge >= 0.3 is 0 Å². The van der Waals surface area contributed by atoms with Crippen molar-refractivity contribution in [2.75, 3.05) is 11.9 Å². The summed E-state index contributed by atoms with van der Waals surface area (Å²) < 4.78 is 12.8. The Morgan fingerprint density at radius 3 is 2.57 bits per heavy atom. The Morgan fingerprint density at radius 2 is 1.96 bits per heavy atom. The highest BCUT2D eigenvalue weighted by atomic mass is 19.1.